The molecule has 0 amide bonds. The van der Waals surface area contributed by atoms with Gasteiger partial charge in [0, 0.05) is 18.0 Å². The van der Waals surface area contributed by atoms with Gasteiger partial charge in [-0.25, -0.2) is 4.79 Å². The minimum Gasteiger partial charge on any atom is -0.457 e. The predicted molar refractivity (Wildman–Crippen MR) is 94.3 cm³/mol. The molecule has 1 aliphatic rings. The van der Waals surface area contributed by atoms with Gasteiger partial charge in [0.2, 0.25) is 0 Å². The smallest absolute Gasteiger partial charge is 0.338 e. The second kappa shape index (κ2) is 6.45. The van der Waals surface area contributed by atoms with E-state index in [1.807, 2.05) is 53.2 Å². The quantitative estimate of drug-likeness (QED) is 0.681. The normalized spacial score (nSPS) is 13.2. The molecule has 0 N–H and O–H groups in total. The van der Waals surface area contributed by atoms with Crippen LogP contribution in [-0.4, -0.2) is 10.4 Å². The van der Waals surface area contributed by atoms with Crippen LogP contribution in [0, 0.1) is 11.3 Å². The lowest BCUT2D eigenvalue weighted by Gasteiger charge is -2.16. The molecule has 0 atom stereocenters. The summed E-state index contributed by atoms with van der Waals surface area (Å²) in [7, 11) is 0. The van der Waals surface area contributed by atoms with Gasteiger partial charge in [-0.1, -0.05) is 12.1 Å². The molecule has 0 aliphatic heterocycles. The number of aryl methyl sites for hydroxylation is 2. The molecule has 3 aromatic rings. The number of carbonyl (C=O) groups is 1. The Morgan fingerprint density at radius 2 is 2.00 bits per heavy atom. The highest BCUT2D eigenvalue weighted by molar-refractivity contribution is 5.89. The standard InChI is InChI=1S/C21H18N2O2/c22-12-19-18(13-23-10-4-3-7-20(19)23)14-25-21(24)17-9-8-15-5-1-2-6-16(15)11-17/h3-4,7-11,13H,1-2,5-6,14H2. The molecule has 25 heavy (non-hydrogen) atoms. The average molecular weight is 330 g/mol. The van der Waals surface area contributed by atoms with Crippen molar-refractivity contribution in [3.63, 3.8) is 0 Å². The number of benzene rings is 1. The van der Waals surface area contributed by atoms with Crippen molar-refractivity contribution in [2.75, 3.05) is 0 Å². The van der Waals surface area contributed by atoms with Crippen LogP contribution in [0.1, 0.15) is 45.5 Å². The number of hydrogen-bond donors (Lipinski definition) is 0. The Bertz CT molecular complexity index is 995. The third-order valence-corrected chi connectivity index (χ3v) is 4.82. The van der Waals surface area contributed by atoms with Crippen molar-refractivity contribution in [2.45, 2.75) is 32.3 Å². The molecular formula is C21H18N2O2. The first-order valence-electron chi connectivity index (χ1n) is 8.54. The Hall–Kier alpha value is -3.06. The highest BCUT2D eigenvalue weighted by atomic mass is 16.5. The van der Waals surface area contributed by atoms with Crippen LogP contribution < -0.4 is 0 Å². The molecule has 0 saturated heterocycles. The molecule has 0 bridgehead atoms. The maximum Gasteiger partial charge on any atom is 0.338 e. The van der Waals surface area contributed by atoms with Gasteiger partial charge in [-0.05, 0) is 61.1 Å². The summed E-state index contributed by atoms with van der Waals surface area (Å²) in [6.07, 6.45) is 8.23. The van der Waals surface area contributed by atoms with Crippen molar-refractivity contribution in [3.8, 4) is 6.07 Å². The van der Waals surface area contributed by atoms with E-state index in [0.29, 0.717) is 11.1 Å². The van der Waals surface area contributed by atoms with Gasteiger partial charge in [-0.2, -0.15) is 5.26 Å². The Kier molecular flexibility index (Phi) is 3.99. The Morgan fingerprint density at radius 3 is 2.84 bits per heavy atom. The summed E-state index contributed by atoms with van der Waals surface area (Å²) in [5.74, 6) is -0.340. The summed E-state index contributed by atoms with van der Waals surface area (Å²) in [6.45, 7) is 0.0977. The van der Waals surface area contributed by atoms with Crippen molar-refractivity contribution in [3.05, 3.63) is 76.6 Å². The molecular weight excluding hydrogens is 312 g/mol. The highest BCUT2D eigenvalue weighted by Gasteiger charge is 2.16. The Morgan fingerprint density at radius 1 is 1.16 bits per heavy atom. The minimum atomic E-state index is -0.340. The number of nitriles is 1. The van der Waals surface area contributed by atoms with Gasteiger partial charge in [0.05, 0.1) is 16.6 Å². The number of hydrogen-bond acceptors (Lipinski definition) is 3. The molecule has 0 fully saturated rings. The fourth-order valence-corrected chi connectivity index (χ4v) is 3.50. The van der Waals surface area contributed by atoms with Crippen LogP contribution in [0.4, 0.5) is 0 Å². The fraction of sp³-hybridized carbons (Fsp3) is 0.238. The van der Waals surface area contributed by atoms with Crippen molar-refractivity contribution in [2.24, 2.45) is 0 Å². The van der Waals surface area contributed by atoms with Crippen LogP contribution in [0.3, 0.4) is 0 Å². The first kappa shape index (κ1) is 15.5. The third-order valence-electron chi connectivity index (χ3n) is 4.82. The molecule has 0 saturated carbocycles. The third kappa shape index (κ3) is 2.89. The van der Waals surface area contributed by atoms with Crippen LogP contribution in [-0.2, 0) is 24.2 Å². The SMILES string of the molecule is N#Cc1c(COC(=O)c2ccc3c(c2)CCCC3)cn2ccccc12. The van der Waals surface area contributed by atoms with E-state index in [9.17, 15) is 10.1 Å². The van der Waals surface area contributed by atoms with E-state index in [0.717, 1.165) is 23.9 Å². The summed E-state index contributed by atoms with van der Waals surface area (Å²) in [5, 5.41) is 9.42. The average Bonchev–Trinajstić information content (AvgIpc) is 3.03. The topological polar surface area (TPSA) is 54.5 Å². The number of esters is 1. The largest absolute Gasteiger partial charge is 0.457 e. The number of rotatable bonds is 3. The zero-order valence-electron chi connectivity index (χ0n) is 13.9. The van der Waals surface area contributed by atoms with Crippen LogP contribution in [0.5, 0.6) is 0 Å². The lowest BCUT2D eigenvalue weighted by Crippen LogP contribution is -2.09. The molecule has 1 aliphatic carbocycles. The molecule has 4 heteroatoms. The molecule has 4 nitrogen and oxygen atoms in total. The van der Waals surface area contributed by atoms with E-state index in [2.05, 4.69) is 6.07 Å². The number of aromatic nitrogens is 1. The summed E-state index contributed by atoms with van der Waals surface area (Å²) >= 11 is 0. The first-order valence-corrected chi connectivity index (χ1v) is 8.54. The lowest BCUT2D eigenvalue weighted by atomic mass is 9.90. The molecule has 1 aromatic carbocycles. The van der Waals surface area contributed by atoms with Gasteiger partial charge in [-0.3, -0.25) is 0 Å². The zero-order chi connectivity index (χ0) is 17.2. The number of ether oxygens (including phenoxy) is 1. The van der Waals surface area contributed by atoms with Gasteiger partial charge in [0.15, 0.2) is 0 Å². The van der Waals surface area contributed by atoms with Crippen molar-refractivity contribution in [1.82, 2.24) is 4.40 Å². The van der Waals surface area contributed by atoms with E-state index in [4.69, 9.17) is 4.74 Å². The van der Waals surface area contributed by atoms with E-state index in [1.54, 1.807) is 0 Å². The van der Waals surface area contributed by atoms with E-state index in [-0.39, 0.29) is 12.6 Å². The molecule has 0 unspecified atom stereocenters. The zero-order valence-corrected chi connectivity index (χ0v) is 13.9. The summed E-state index contributed by atoms with van der Waals surface area (Å²) < 4.78 is 7.35. The summed E-state index contributed by atoms with van der Waals surface area (Å²) in [4.78, 5) is 12.4. The van der Waals surface area contributed by atoms with E-state index < -0.39 is 0 Å². The van der Waals surface area contributed by atoms with Crippen molar-refractivity contribution < 1.29 is 9.53 Å². The predicted octanol–water partition coefficient (Wildman–Crippen LogP) is 4.05. The molecule has 0 radical (unpaired) electrons. The number of pyridine rings is 1. The van der Waals surface area contributed by atoms with Crippen LogP contribution in [0.2, 0.25) is 0 Å². The first-order chi connectivity index (χ1) is 12.3. The van der Waals surface area contributed by atoms with Crippen molar-refractivity contribution in [1.29, 1.82) is 5.26 Å². The maximum absolute atomic E-state index is 12.4. The number of fused-ring (bicyclic) bond motifs is 2. The van der Waals surface area contributed by atoms with Gasteiger partial charge in [0.25, 0.3) is 0 Å². The number of carbonyl (C=O) groups excluding carboxylic acids is 1. The van der Waals surface area contributed by atoms with Gasteiger partial charge < -0.3 is 9.14 Å². The Balaban J connectivity index is 1.54. The van der Waals surface area contributed by atoms with E-state index >= 15 is 0 Å². The molecule has 0 spiro atoms. The van der Waals surface area contributed by atoms with Gasteiger partial charge in [-0.15, -0.1) is 0 Å². The maximum atomic E-state index is 12.4. The molecule has 2 heterocycles. The lowest BCUT2D eigenvalue weighted by molar-refractivity contribution is 0.0472. The molecule has 124 valence electrons. The van der Waals surface area contributed by atoms with Gasteiger partial charge in [0.1, 0.15) is 12.7 Å². The van der Waals surface area contributed by atoms with Crippen LogP contribution in [0.15, 0.2) is 48.8 Å². The van der Waals surface area contributed by atoms with Gasteiger partial charge >= 0.3 is 5.97 Å². The highest BCUT2D eigenvalue weighted by Crippen LogP contribution is 2.23. The summed E-state index contributed by atoms with van der Waals surface area (Å²) in [5.41, 5.74) is 5.29. The van der Waals surface area contributed by atoms with Crippen LogP contribution >= 0.6 is 0 Å². The number of nitrogens with zero attached hydrogens (tertiary/aromatic N) is 2. The van der Waals surface area contributed by atoms with Crippen LogP contribution in [0.25, 0.3) is 5.52 Å². The molecule has 2 aromatic heterocycles. The molecule has 4 rings (SSSR count). The monoisotopic (exact) mass is 330 g/mol. The van der Waals surface area contributed by atoms with Crippen molar-refractivity contribution >= 4 is 11.5 Å². The Labute approximate surface area is 146 Å². The van der Waals surface area contributed by atoms with E-state index in [1.165, 1.54) is 24.0 Å². The fourth-order valence-electron chi connectivity index (χ4n) is 3.50. The second-order valence-electron chi connectivity index (χ2n) is 6.40. The minimum absolute atomic E-state index is 0.0977. The second-order valence-corrected chi connectivity index (χ2v) is 6.40. The summed E-state index contributed by atoms with van der Waals surface area (Å²) in [6, 6.07) is 13.7.